The molecular weight excluding hydrogens is 407 g/mol. The van der Waals surface area contributed by atoms with Gasteiger partial charge < -0.3 is 15.4 Å². The molecule has 132 valence electrons. The second kappa shape index (κ2) is 12.5. The molecular formula is C15H29IN6O. The van der Waals surface area contributed by atoms with Gasteiger partial charge in [0.05, 0.1) is 19.8 Å². The second-order valence-electron chi connectivity index (χ2n) is 5.26. The molecule has 1 fully saturated rings. The zero-order valence-corrected chi connectivity index (χ0v) is 16.2. The third kappa shape index (κ3) is 8.52. The molecule has 0 radical (unpaired) electrons. The van der Waals surface area contributed by atoms with Crippen LogP contribution in [0.1, 0.15) is 13.3 Å². The molecule has 0 atom stereocenters. The van der Waals surface area contributed by atoms with Gasteiger partial charge >= 0.3 is 0 Å². The fourth-order valence-corrected chi connectivity index (χ4v) is 2.37. The number of rotatable bonds is 8. The number of guanidine groups is 1. The van der Waals surface area contributed by atoms with Gasteiger partial charge in [-0.15, -0.1) is 24.0 Å². The molecule has 0 amide bonds. The van der Waals surface area contributed by atoms with Crippen molar-refractivity contribution in [1.82, 2.24) is 25.3 Å². The molecule has 1 aliphatic rings. The monoisotopic (exact) mass is 436 g/mol. The Morgan fingerprint density at radius 2 is 2.09 bits per heavy atom. The summed E-state index contributed by atoms with van der Waals surface area (Å²) < 4.78 is 7.27. The minimum absolute atomic E-state index is 0. The first-order chi connectivity index (χ1) is 10.9. The van der Waals surface area contributed by atoms with Gasteiger partial charge in [0.1, 0.15) is 0 Å². The summed E-state index contributed by atoms with van der Waals surface area (Å²) >= 11 is 0. The van der Waals surface area contributed by atoms with Gasteiger partial charge in [0.25, 0.3) is 0 Å². The third-order valence-corrected chi connectivity index (χ3v) is 3.54. The van der Waals surface area contributed by atoms with Crippen LogP contribution in [0.15, 0.2) is 23.5 Å². The molecule has 0 saturated carbocycles. The van der Waals surface area contributed by atoms with Crippen molar-refractivity contribution >= 4 is 29.9 Å². The maximum atomic E-state index is 5.35. The summed E-state index contributed by atoms with van der Waals surface area (Å²) in [6, 6.07) is 1.94. The maximum Gasteiger partial charge on any atom is 0.191 e. The Kier molecular flexibility index (Phi) is 11.0. The predicted octanol–water partition coefficient (Wildman–Crippen LogP) is 0.779. The van der Waals surface area contributed by atoms with Crippen LogP contribution in [-0.2, 0) is 11.3 Å². The van der Waals surface area contributed by atoms with Gasteiger partial charge in [0.2, 0.25) is 0 Å². The van der Waals surface area contributed by atoms with Crippen molar-refractivity contribution in [3.8, 4) is 0 Å². The fourth-order valence-electron chi connectivity index (χ4n) is 2.37. The third-order valence-electron chi connectivity index (χ3n) is 3.54. The van der Waals surface area contributed by atoms with E-state index in [-0.39, 0.29) is 24.0 Å². The Labute approximate surface area is 155 Å². The molecule has 23 heavy (non-hydrogen) atoms. The lowest BCUT2D eigenvalue weighted by Gasteiger charge is -2.26. The SMILES string of the molecule is CCNC(=NCCCN1CCOCC1)NCCn1cccn1.I. The number of aliphatic imine (C=N–C) groups is 1. The number of hydrogen-bond acceptors (Lipinski definition) is 4. The van der Waals surface area contributed by atoms with Gasteiger partial charge in [-0.25, -0.2) is 0 Å². The number of aromatic nitrogens is 2. The Hall–Kier alpha value is -0.870. The average molecular weight is 436 g/mol. The average Bonchev–Trinajstić information content (AvgIpc) is 3.06. The van der Waals surface area contributed by atoms with Crippen molar-refractivity contribution in [2.24, 2.45) is 4.99 Å². The number of ether oxygens (including phenoxy) is 1. The van der Waals surface area contributed by atoms with Crippen LogP contribution in [0.25, 0.3) is 0 Å². The summed E-state index contributed by atoms with van der Waals surface area (Å²) in [6.45, 7) is 10.4. The Balaban J connectivity index is 0.00000264. The molecule has 0 aromatic carbocycles. The first-order valence-corrected chi connectivity index (χ1v) is 8.18. The van der Waals surface area contributed by atoms with E-state index in [1.54, 1.807) is 6.20 Å². The van der Waals surface area contributed by atoms with Crippen molar-refractivity contribution in [2.45, 2.75) is 19.9 Å². The lowest BCUT2D eigenvalue weighted by atomic mass is 10.3. The minimum Gasteiger partial charge on any atom is -0.379 e. The summed E-state index contributed by atoms with van der Waals surface area (Å²) in [5.41, 5.74) is 0. The summed E-state index contributed by atoms with van der Waals surface area (Å²) in [5.74, 6) is 0.886. The van der Waals surface area contributed by atoms with E-state index in [2.05, 4.69) is 32.5 Å². The number of hydrogen-bond donors (Lipinski definition) is 2. The van der Waals surface area contributed by atoms with E-state index in [1.165, 1.54) is 0 Å². The van der Waals surface area contributed by atoms with E-state index in [1.807, 2.05) is 16.9 Å². The highest BCUT2D eigenvalue weighted by atomic mass is 127. The van der Waals surface area contributed by atoms with Crippen molar-refractivity contribution in [1.29, 1.82) is 0 Å². The number of nitrogens with one attached hydrogen (secondary N) is 2. The molecule has 2 N–H and O–H groups in total. The van der Waals surface area contributed by atoms with Crippen LogP contribution in [-0.4, -0.2) is 73.1 Å². The largest absolute Gasteiger partial charge is 0.379 e. The molecule has 0 aliphatic carbocycles. The summed E-state index contributed by atoms with van der Waals surface area (Å²) in [7, 11) is 0. The number of nitrogens with zero attached hydrogens (tertiary/aromatic N) is 4. The van der Waals surface area contributed by atoms with Crippen LogP contribution in [0.2, 0.25) is 0 Å². The van der Waals surface area contributed by atoms with Gasteiger partial charge in [-0.2, -0.15) is 5.10 Å². The number of morpholine rings is 1. The Morgan fingerprint density at radius 3 is 2.78 bits per heavy atom. The molecule has 2 heterocycles. The normalized spacial score (nSPS) is 16.0. The summed E-state index contributed by atoms with van der Waals surface area (Å²) in [4.78, 5) is 7.07. The van der Waals surface area contributed by atoms with Crippen molar-refractivity contribution < 1.29 is 4.74 Å². The van der Waals surface area contributed by atoms with Crippen molar-refractivity contribution in [2.75, 3.05) is 52.5 Å². The van der Waals surface area contributed by atoms with Crippen LogP contribution < -0.4 is 10.6 Å². The lowest BCUT2D eigenvalue weighted by molar-refractivity contribution is 0.0377. The molecule has 2 rings (SSSR count). The Morgan fingerprint density at radius 1 is 1.26 bits per heavy atom. The molecule has 1 aromatic heterocycles. The van der Waals surface area contributed by atoms with E-state index < -0.39 is 0 Å². The standard InChI is InChI=1S/C15H28N6O.HI/c1-2-16-15(18-7-10-21-9-4-6-19-21)17-5-3-8-20-11-13-22-14-12-20;/h4,6,9H,2-3,5,7-8,10-14H2,1H3,(H2,16,17,18);1H. The van der Waals surface area contributed by atoms with Crippen LogP contribution in [0.4, 0.5) is 0 Å². The Bertz CT molecular complexity index is 420. The molecule has 8 heteroatoms. The van der Waals surface area contributed by atoms with Gasteiger partial charge in [-0.05, 0) is 19.4 Å². The first-order valence-electron chi connectivity index (χ1n) is 8.18. The van der Waals surface area contributed by atoms with Crippen LogP contribution in [0.3, 0.4) is 0 Å². The topological polar surface area (TPSA) is 66.7 Å². The van der Waals surface area contributed by atoms with Gasteiger partial charge in [0.15, 0.2) is 5.96 Å². The van der Waals surface area contributed by atoms with E-state index in [9.17, 15) is 0 Å². The van der Waals surface area contributed by atoms with Crippen LogP contribution >= 0.6 is 24.0 Å². The van der Waals surface area contributed by atoms with E-state index in [0.29, 0.717) is 0 Å². The van der Waals surface area contributed by atoms with Crippen LogP contribution in [0.5, 0.6) is 0 Å². The zero-order chi connectivity index (χ0) is 15.5. The summed E-state index contributed by atoms with van der Waals surface area (Å²) in [5, 5.41) is 10.8. The molecule has 7 nitrogen and oxygen atoms in total. The summed E-state index contributed by atoms with van der Waals surface area (Å²) in [6.07, 6.45) is 4.84. The minimum atomic E-state index is 0. The van der Waals surface area contributed by atoms with Gasteiger partial charge in [-0.3, -0.25) is 14.6 Å². The molecule has 0 bridgehead atoms. The zero-order valence-electron chi connectivity index (χ0n) is 13.9. The van der Waals surface area contributed by atoms with E-state index in [0.717, 1.165) is 71.4 Å². The van der Waals surface area contributed by atoms with Gasteiger partial charge in [0, 0.05) is 51.7 Å². The van der Waals surface area contributed by atoms with Gasteiger partial charge in [-0.1, -0.05) is 0 Å². The molecule has 0 unspecified atom stereocenters. The van der Waals surface area contributed by atoms with Crippen molar-refractivity contribution in [3.05, 3.63) is 18.5 Å². The first kappa shape index (κ1) is 20.2. The molecule has 0 spiro atoms. The maximum absolute atomic E-state index is 5.35. The molecule has 1 aromatic rings. The van der Waals surface area contributed by atoms with E-state index >= 15 is 0 Å². The quantitative estimate of drug-likeness (QED) is 0.273. The smallest absolute Gasteiger partial charge is 0.191 e. The van der Waals surface area contributed by atoms with Crippen LogP contribution in [0, 0.1) is 0 Å². The highest BCUT2D eigenvalue weighted by Gasteiger charge is 2.08. The fraction of sp³-hybridized carbons (Fsp3) is 0.733. The number of halogens is 1. The van der Waals surface area contributed by atoms with E-state index in [4.69, 9.17) is 4.74 Å². The lowest BCUT2D eigenvalue weighted by Crippen LogP contribution is -2.39. The highest BCUT2D eigenvalue weighted by molar-refractivity contribution is 14.0. The van der Waals surface area contributed by atoms with Crippen molar-refractivity contribution in [3.63, 3.8) is 0 Å². The second-order valence-corrected chi connectivity index (χ2v) is 5.26. The predicted molar refractivity (Wildman–Crippen MR) is 103 cm³/mol. The highest BCUT2D eigenvalue weighted by Crippen LogP contribution is 1.98. The molecule has 1 saturated heterocycles. The molecule has 1 aliphatic heterocycles.